The van der Waals surface area contributed by atoms with E-state index in [4.69, 9.17) is 0 Å². The maximum Gasteiger partial charge on any atom is 0.246 e. The number of para-hydroxylation sites is 1. The molecule has 0 saturated carbocycles. The summed E-state index contributed by atoms with van der Waals surface area (Å²) in [6, 6.07) is 17.4. The molecule has 0 aliphatic heterocycles. The topological polar surface area (TPSA) is 41.1 Å². The van der Waals surface area contributed by atoms with E-state index in [1.807, 2.05) is 49.4 Å². The highest BCUT2D eigenvalue weighted by molar-refractivity contribution is 5.96. The van der Waals surface area contributed by atoms with E-state index in [1.54, 1.807) is 0 Å². The molecule has 2 aromatic carbocycles. The SMILES string of the molecule is CC(C)c1cccc(N[C@@H](C)C(=O)Nc2ccccc2)c1. The van der Waals surface area contributed by atoms with E-state index < -0.39 is 0 Å². The maximum absolute atomic E-state index is 12.2. The molecule has 2 N–H and O–H groups in total. The first-order chi connectivity index (χ1) is 10.1. The smallest absolute Gasteiger partial charge is 0.246 e. The zero-order valence-electron chi connectivity index (χ0n) is 12.8. The minimum absolute atomic E-state index is 0.0452. The first-order valence-corrected chi connectivity index (χ1v) is 7.28. The van der Waals surface area contributed by atoms with E-state index in [2.05, 4.69) is 36.6 Å². The third-order valence-corrected chi connectivity index (χ3v) is 3.37. The average Bonchev–Trinajstić information content (AvgIpc) is 2.48. The minimum Gasteiger partial charge on any atom is -0.374 e. The lowest BCUT2D eigenvalue weighted by molar-refractivity contribution is -0.116. The molecule has 0 fully saturated rings. The van der Waals surface area contributed by atoms with Crippen LogP contribution in [0.5, 0.6) is 0 Å². The van der Waals surface area contributed by atoms with Crippen LogP contribution in [0.25, 0.3) is 0 Å². The Morgan fingerprint density at radius 3 is 2.24 bits per heavy atom. The molecule has 0 heterocycles. The summed E-state index contributed by atoms with van der Waals surface area (Å²) in [5.41, 5.74) is 3.04. The van der Waals surface area contributed by atoms with E-state index >= 15 is 0 Å². The van der Waals surface area contributed by atoms with Crippen LogP contribution in [0.2, 0.25) is 0 Å². The van der Waals surface area contributed by atoms with E-state index in [0.717, 1.165) is 11.4 Å². The van der Waals surface area contributed by atoms with Gasteiger partial charge in [0.1, 0.15) is 6.04 Å². The van der Waals surface area contributed by atoms with Gasteiger partial charge in [-0.1, -0.05) is 44.2 Å². The number of rotatable bonds is 5. The van der Waals surface area contributed by atoms with E-state index in [9.17, 15) is 4.79 Å². The summed E-state index contributed by atoms with van der Waals surface area (Å²) in [7, 11) is 0. The quantitative estimate of drug-likeness (QED) is 0.860. The highest BCUT2D eigenvalue weighted by Gasteiger charge is 2.13. The molecule has 2 rings (SSSR count). The fourth-order valence-corrected chi connectivity index (χ4v) is 2.08. The average molecular weight is 282 g/mol. The number of anilines is 2. The molecule has 3 nitrogen and oxygen atoms in total. The first-order valence-electron chi connectivity index (χ1n) is 7.28. The summed E-state index contributed by atoms with van der Waals surface area (Å²) in [5, 5.41) is 6.14. The third-order valence-electron chi connectivity index (χ3n) is 3.37. The van der Waals surface area contributed by atoms with Crippen molar-refractivity contribution in [3.63, 3.8) is 0 Å². The van der Waals surface area contributed by atoms with Crippen molar-refractivity contribution in [1.29, 1.82) is 0 Å². The summed E-state index contributed by atoms with van der Waals surface area (Å²) >= 11 is 0. The number of carbonyl (C=O) groups excluding carboxylic acids is 1. The molecule has 0 bridgehead atoms. The molecule has 0 spiro atoms. The summed E-state index contributed by atoms with van der Waals surface area (Å²) in [5.74, 6) is 0.427. The lowest BCUT2D eigenvalue weighted by Gasteiger charge is -2.16. The highest BCUT2D eigenvalue weighted by atomic mass is 16.2. The molecule has 0 unspecified atom stereocenters. The molecule has 110 valence electrons. The Kier molecular flexibility index (Phi) is 4.99. The second-order valence-electron chi connectivity index (χ2n) is 5.50. The Bertz CT molecular complexity index is 593. The third kappa shape index (κ3) is 4.35. The fourth-order valence-electron chi connectivity index (χ4n) is 2.08. The van der Waals surface area contributed by atoms with Crippen molar-refractivity contribution < 1.29 is 4.79 Å². The first kappa shape index (κ1) is 15.1. The van der Waals surface area contributed by atoms with Crippen molar-refractivity contribution in [1.82, 2.24) is 0 Å². The molecular weight excluding hydrogens is 260 g/mol. The van der Waals surface area contributed by atoms with Crippen LogP contribution in [0.4, 0.5) is 11.4 Å². The van der Waals surface area contributed by atoms with Crippen LogP contribution in [-0.4, -0.2) is 11.9 Å². The summed E-state index contributed by atoms with van der Waals surface area (Å²) in [6.07, 6.45) is 0. The molecule has 0 radical (unpaired) electrons. The molecule has 21 heavy (non-hydrogen) atoms. The molecular formula is C18H22N2O. The minimum atomic E-state index is -0.299. The van der Waals surface area contributed by atoms with Gasteiger partial charge in [0.15, 0.2) is 0 Å². The van der Waals surface area contributed by atoms with Gasteiger partial charge in [-0.15, -0.1) is 0 Å². The van der Waals surface area contributed by atoms with Crippen LogP contribution in [0.3, 0.4) is 0 Å². The van der Waals surface area contributed by atoms with Crippen LogP contribution >= 0.6 is 0 Å². The summed E-state index contributed by atoms with van der Waals surface area (Å²) in [6.45, 7) is 6.18. The van der Waals surface area contributed by atoms with Crippen LogP contribution in [-0.2, 0) is 4.79 Å². The number of carbonyl (C=O) groups is 1. The lowest BCUT2D eigenvalue weighted by Crippen LogP contribution is -2.31. The van der Waals surface area contributed by atoms with Crippen molar-refractivity contribution in [3.8, 4) is 0 Å². The molecule has 3 heteroatoms. The lowest BCUT2D eigenvalue weighted by atomic mass is 10.0. The van der Waals surface area contributed by atoms with Crippen LogP contribution in [0, 0.1) is 0 Å². The molecule has 0 saturated heterocycles. The monoisotopic (exact) mass is 282 g/mol. The Morgan fingerprint density at radius 1 is 0.905 bits per heavy atom. The van der Waals surface area contributed by atoms with Crippen molar-refractivity contribution in [3.05, 3.63) is 60.2 Å². The summed E-state index contributed by atoms with van der Waals surface area (Å²) < 4.78 is 0. The van der Waals surface area contributed by atoms with Gasteiger partial charge in [-0.05, 0) is 42.7 Å². The molecule has 0 aliphatic carbocycles. The van der Waals surface area contributed by atoms with Gasteiger partial charge in [-0.3, -0.25) is 4.79 Å². The predicted octanol–water partition coefficient (Wildman–Crippen LogP) is 4.25. The van der Waals surface area contributed by atoms with Gasteiger partial charge in [0.25, 0.3) is 0 Å². The Balaban J connectivity index is 1.99. The van der Waals surface area contributed by atoms with Gasteiger partial charge in [-0.25, -0.2) is 0 Å². The summed E-state index contributed by atoms with van der Waals surface area (Å²) in [4.78, 5) is 12.2. The largest absolute Gasteiger partial charge is 0.374 e. The van der Waals surface area contributed by atoms with Gasteiger partial charge in [0.2, 0.25) is 5.91 Å². The van der Waals surface area contributed by atoms with E-state index in [0.29, 0.717) is 5.92 Å². The van der Waals surface area contributed by atoms with E-state index in [1.165, 1.54) is 5.56 Å². The zero-order valence-corrected chi connectivity index (χ0v) is 12.8. The van der Waals surface area contributed by atoms with Gasteiger partial charge in [-0.2, -0.15) is 0 Å². The van der Waals surface area contributed by atoms with Crippen LogP contribution in [0.1, 0.15) is 32.3 Å². The van der Waals surface area contributed by atoms with Gasteiger partial charge in [0.05, 0.1) is 0 Å². The van der Waals surface area contributed by atoms with E-state index in [-0.39, 0.29) is 11.9 Å². The standard InChI is InChI=1S/C18H22N2O/c1-13(2)15-8-7-11-17(12-15)19-14(3)18(21)20-16-9-5-4-6-10-16/h4-14,19H,1-3H3,(H,20,21)/t14-/m0/s1. The Morgan fingerprint density at radius 2 is 1.57 bits per heavy atom. The molecule has 2 aromatic rings. The number of hydrogen-bond acceptors (Lipinski definition) is 2. The molecule has 1 amide bonds. The molecule has 0 aliphatic rings. The second kappa shape index (κ2) is 6.93. The fraction of sp³-hybridized carbons (Fsp3) is 0.278. The normalized spacial score (nSPS) is 12.0. The number of amides is 1. The van der Waals surface area contributed by atoms with Crippen molar-refractivity contribution in [2.45, 2.75) is 32.7 Å². The van der Waals surface area contributed by atoms with Gasteiger partial charge >= 0.3 is 0 Å². The Labute approximate surface area is 126 Å². The predicted molar refractivity (Wildman–Crippen MR) is 88.7 cm³/mol. The zero-order chi connectivity index (χ0) is 15.2. The van der Waals surface area contributed by atoms with Crippen molar-refractivity contribution in [2.24, 2.45) is 0 Å². The van der Waals surface area contributed by atoms with Gasteiger partial charge in [0, 0.05) is 11.4 Å². The second-order valence-corrected chi connectivity index (χ2v) is 5.50. The Hall–Kier alpha value is -2.29. The highest BCUT2D eigenvalue weighted by Crippen LogP contribution is 2.19. The number of benzene rings is 2. The maximum atomic E-state index is 12.2. The van der Waals surface area contributed by atoms with Crippen LogP contribution in [0.15, 0.2) is 54.6 Å². The van der Waals surface area contributed by atoms with Crippen molar-refractivity contribution in [2.75, 3.05) is 10.6 Å². The molecule has 1 atom stereocenters. The van der Waals surface area contributed by atoms with Gasteiger partial charge < -0.3 is 10.6 Å². The number of nitrogens with one attached hydrogen (secondary N) is 2. The number of hydrogen-bond donors (Lipinski definition) is 2. The van der Waals surface area contributed by atoms with Crippen molar-refractivity contribution >= 4 is 17.3 Å². The van der Waals surface area contributed by atoms with Crippen LogP contribution < -0.4 is 10.6 Å². The molecule has 0 aromatic heterocycles.